The number of fused-ring (bicyclic) bond motifs is 1. The second-order valence-corrected chi connectivity index (χ2v) is 4.16. The third kappa shape index (κ3) is 1.69. The number of benzene rings is 1. The van der Waals surface area contributed by atoms with Gasteiger partial charge in [0.05, 0.1) is 17.9 Å². The molecule has 2 aromatic rings. The lowest BCUT2D eigenvalue weighted by molar-refractivity contribution is 0.311. The van der Waals surface area contributed by atoms with E-state index in [1.165, 1.54) is 0 Å². The second kappa shape index (κ2) is 3.69. The van der Waals surface area contributed by atoms with Crippen LogP contribution in [0.2, 0.25) is 0 Å². The normalized spacial score (nSPS) is 14.3. The van der Waals surface area contributed by atoms with Gasteiger partial charge in [0.2, 0.25) is 0 Å². The molecule has 2 heterocycles. The predicted molar refractivity (Wildman–Crippen MR) is 67.2 cm³/mol. The van der Waals surface area contributed by atoms with Crippen molar-refractivity contribution in [2.24, 2.45) is 0 Å². The Hall–Kier alpha value is -2.17. The minimum absolute atomic E-state index is 0.502. The van der Waals surface area contributed by atoms with Crippen molar-refractivity contribution in [3.63, 3.8) is 0 Å². The summed E-state index contributed by atoms with van der Waals surface area (Å²) in [6.45, 7) is 1.64. The van der Waals surface area contributed by atoms with Crippen LogP contribution in [-0.4, -0.2) is 30.4 Å². The molecular formula is C12H14N4O. The van der Waals surface area contributed by atoms with E-state index in [0.717, 1.165) is 35.8 Å². The van der Waals surface area contributed by atoms with Gasteiger partial charge in [0.15, 0.2) is 0 Å². The van der Waals surface area contributed by atoms with Gasteiger partial charge in [-0.25, -0.2) is 0 Å². The highest BCUT2D eigenvalue weighted by molar-refractivity contribution is 5.72. The van der Waals surface area contributed by atoms with Crippen LogP contribution in [0.3, 0.4) is 0 Å². The second-order valence-electron chi connectivity index (χ2n) is 4.16. The predicted octanol–water partition coefficient (Wildman–Crippen LogP) is 1.49. The number of H-pyrrole nitrogens is 1. The number of aromatic amines is 1. The fourth-order valence-corrected chi connectivity index (χ4v) is 2.00. The van der Waals surface area contributed by atoms with E-state index >= 15 is 0 Å². The molecule has 3 rings (SSSR count). The lowest BCUT2D eigenvalue weighted by Gasteiger charge is -2.27. The molecule has 1 aliphatic heterocycles. The summed E-state index contributed by atoms with van der Waals surface area (Å²) in [7, 11) is 2.06. The number of nitrogen functional groups attached to an aromatic ring is 1. The van der Waals surface area contributed by atoms with Crippen molar-refractivity contribution in [2.45, 2.75) is 0 Å². The Balaban J connectivity index is 2.05. The van der Waals surface area contributed by atoms with Crippen molar-refractivity contribution in [3.05, 3.63) is 24.3 Å². The summed E-state index contributed by atoms with van der Waals surface area (Å²) in [5.41, 5.74) is 8.68. The molecule has 1 aliphatic rings. The van der Waals surface area contributed by atoms with Crippen LogP contribution in [0.15, 0.2) is 24.3 Å². The number of nitrogens with two attached hydrogens (primary N) is 1. The molecule has 0 bridgehead atoms. The maximum atomic E-state index is 5.60. The molecule has 5 heteroatoms. The summed E-state index contributed by atoms with van der Waals surface area (Å²) >= 11 is 0. The first-order valence-electron chi connectivity index (χ1n) is 5.53. The molecule has 0 saturated heterocycles. The lowest BCUT2D eigenvalue weighted by Crippen LogP contribution is -2.28. The third-order valence-corrected chi connectivity index (χ3v) is 2.96. The van der Waals surface area contributed by atoms with Gasteiger partial charge in [-0.05, 0) is 18.2 Å². The Morgan fingerprint density at radius 1 is 1.41 bits per heavy atom. The molecule has 1 aromatic heterocycles. The van der Waals surface area contributed by atoms with Crippen LogP contribution in [0.25, 0.3) is 11.3 Å². The van der Waals surface area contributed by atoms with E-state index in [4.69, 9.17) is 10.5 Å². The summed E-state index contributed by atoms with van der Waals surface area (Å²) in [5, 5.41) is 6.84. The van der Waals surface area contributed by atoms with Gasteiger partial charge in [0.25, 0.3) is 0 Å². The highest BCUT2D eigenvalue weighted by Gasteiger charge is 2.15. The van der Waals surface area contributed by atoms with Crippen LogP contribution in [0, 0.1) is 0 Å². The number of ether oxygens (including phenoxy) is 1. The van der Waals surface area contributed by atoms with Gasteiger partial charge in [-0.15, -0.1) is 0 Å². The molecule has 0 saturated carbocycles. The minimum Gasteiger partial charge on any atom is -0.490 e. The van der Waals surface area contributed by atoms with Gasteiger partial charge in [-0.1, -0.05) is 0 Å². The van der Waals surface area contributed by atoms with Crippen LogP contribution in [-0.2, 0) is 0 Å². The molecule has 0 radical (unpaired) electrons. The standard InChI is InChI=1S/C12H14N4O/c1-16-4-5-17-11-3-2-8(6-10(11)16)9-7-12(13)15-14-9/h2-3,6-7H,4-5H2,1H3,(H3,13,14,15). The van der Waals surface area contributed by atoms with Crippen LogP contribution >= 0.6 is 0 Å². The molecule has 88 valence electrons. The minimum atomic E-state index is 0.502. The number of hydrogen-bond donors (Lipinski definition) is 2. The first-order chi connectivity index (χ1) is 8.24. The van der Waals surface area contributed by atoms with E-state index in [9.17, 15) is 0 Å². The molecule has 0 atom stereocenters. The average molecular weight is 230 g/mol. The zero-order chi connectivity index (χ0) is 11.8. The molecule has 3 N–H and O–H groups in total. The summed E-state index contributed by atoms with van der Waals surface area (Å²) in [6, 6.07) is 7.90. The Kier molecular flexibility index (Phi) is 2.18. The molecule has 0 aliphatic carbocycles. The molecule has 17 heavy (non-hydrogen) atoms. The number of hydrogen-bond acceptors (Lipinski definition) is 4. The number of nitrogens with one attached hydrogen (secondary N) is 1. The number of anilines is 2. The highest BCUT2D eigenvalue weighted by Crippen LogP contribution is 2.34. The van der Waals surface area contributed by atoms with Gasteiger partial charge in [0.1, 0.15) is 18.2 Å². The topological polar surface area (TPSA) is 67.2 Å². The van der Waals surface area contributed by atoms with Crippen molar-refractivity contribution >= 4 is 11.5 Å². The van der Waals surface area contributed by atoms with Gasteiger partial charge in [-0.3, -0.25) is 5.10 Å². The largest absolute Gasteiger partial charge is 0.490 e. The van der Waals surface area contributed by atoms with E-state index in [1.54, 1.807) is 0 Å². The molecule has 0 amide bonds. The van der Waals surface area contributed by atoms with Gasteiger partial charge >= 0.3 is 0 Å². The Morgan fingerprint density at radius 3 is 3.06 bits per heavy atom. The summed E-state index contributed by atoms with van der Waals surface area (Å²) in [4.78, 5) is 2.18. The van der Waals surface area contributed by atoms with E-state index in [0.29, 0.717) is 5.82 Å². The zero-order valence-corrected chi connectivity index (χ0v) is 9.60. The van der Waals surface area contributed by atoms with Crippen LogP contribution in [0.1, 0.15) is 0 Å². The van der Waals surface area contributed by atoms with Crippen molar-refractivity contribution in [2.75, 3.05) is 30.8 Å². The molecule has 0 fully saturated rings. The number of nitrogens with zero attached hydrogens (tertiary/aromatic N) is 2. The Bertz CT molecular complexity index is 549. The van der Waals surface area contributed by atoms with Crippen molar-refractivity contribution in [3.8, 4) is 17.0 Å². The zero-order valence-electron chi connectivity index (χ0n) is 9.60. The fraction of sp³-hybridized carbons (Fsp3) is 0.250. The van der Waals surface area contributed by atoms with E-state index in [2.05, 4.69) is 28.2 Å². The number of likely N-dealkylation sites (N-methyl/N-ethyl adjacent to an activating group) is 1. The summed E-state index contributed by atoms with van der Waals surface area (Å²) in [6.07, 6.45) is 0. The first-order valence-corrected chi connectivity index (χ1v) is 5.53. The SMILES string of the molecule is CN1CCOc2ccc(-c3cc(N)n[nH]3)cc21. The molecule has 0 spiro atoms. The van der Waals surface area contributed by atoms with Crippen molar-refractivity contribution in [1.82, 2.24) is 10.2 Å². The Labute approximate surface area is 99.2 Å². The fourth-order valence-electron chi connectivity index (χ4n) is 2.00. The average Bonchev–Trinajstić information content (AvgIpc) is 2.76. The van der Waals surface area contributed by atoms with Gasteiger partial charge in [0, 0.05) is 18.7 Å². The monoisotopic (exact) mass is 230 g/mol. The molecular weight excluding hydrogens is 216 g/mol. The van der Waals surface area contributed by atoms with Gasteiger partial charge < -0.3 is 15.4 Å². The highest BCUT2D eigenvalue weighted by atomic mass is 16.5. The van der Waals surface area contributed by atoms with Crippen molar-refractivity contribution < 1.29 is 4.74 Å². The number of aromatic nitrogens is 2. The summed E-state index contributed by atoms with van der Waals surface area (Å²) in [5.74, 6) is 1.43. The maximum Gasteiger partial charge on any atom is 0.145 e. The van der Waals surface area contributed by atoms with E-state index in [1.807, 2.05) is 18.2 Å². The van der Waals surface area contributed by atoms with Crippen LogP contribution < -0.4 is 15.4 Å². The molecule has 5 nitrogen and oxygen atoms in total. The molecule has 1 aromatic carbocycles. The molecule has 0 unspecified atom stereocenters. The Morgan fingerprint density at radius 2 is 2.29 bits per heavy atom. The lowest BCUT2D eigenvalue weighted by atomic mass is 10.1. The van der Waals surface area contributed by atoms with Crippen molar-refractivity contribution in [1.29, 1.82) is 0 Å². The number of rotatable bonds is 1. The quantitative estimate of drug-likeness (QED) is 0.778. The smallest absolute Gasteiger partial charge is 0.145 e. The first kappa shape index (κ1) is 10.0. The van der Waals surface area contributed by atoms with E-state index < -0.39 is 0 Å². The van der Waals surface area contributed by atoms with E-state index in [-0.39, 0.29) is 0 Å². The third-order valence-electron chi connectivity index (χ3n) is 2.96. The van der Waals surface area contributed by atoms with Crippen LogP contribution in [0.5, 0.6) is 5.75 Å². The van der Waals surface area contributed by atoms with Crippen LogP contribution in [0.4, 0.5) is 11.5 Å². The maximum absolute atomic E-state index is 5.60. The summed E-state index contributed by atoms with van der Waals surface area (Å²) < 4.78 is 5.60. The van der Waals surface area contributed by atoms with Gasteiger partial charge in [-0.2, -0.15) is 5.10 Å².